The quantitative estimate of drug-likeness (QED) is 0.561. The molecule has 0 radical (unpaired) electrons. The monoisotopic (exact) mass is 435 g/mol. The van der Waals surface area contributed by atoms with Crippen molar-refractivity contribution in [2.45, 2.75) is 12.3 Å². The molecular weight excluding hydrogens is 406 g/mol. The van der Waals surface area contributed by atoms with Gasteiger partial charge in [0, 0.05) is 43.2 Å². The van der Waals surface area contributed by atoms with Gasteiger partial charge in [0.05, 0.1) is 0 Å². The van der Waals surface area contributed by atoms with Crippen LogP contribution >= 0.6 is 12.4 Å². The minimum atomic E-state index is 0. The number of amides is 1. The minimum Gasteiger partial charge on any atom is -0.330 e. The average Bonchev–Trinajstić information content (AvgIpc) is 3.23. The summed E-state index contributed by atoms with van der Waals surface area (Å²) in [7, 11) is 0. The van der Waals surface area contributed by atoms with Gasteiger partial charge >= 0.3 is 0 Å². The fraction of sp³-hybridized carbons (Fsp3) is 0.269. The first-order valence-electron chi connectivity index (χ1n) is 10.7. The summed E-state index contributed by atoms with van der Waals surface area (Å²) in [6.45, 7) is 3.33. The molecule has 3 N–H and O–H groups in total. The van der Waals surface area contributed by atoms with E-state index >= 15 is 0 Å². The maximum atomic E-state index is 12.7. The highest BCUT2D eigenvalue weighted by molar-refractivity contribution is 5.95. The number of hydrogen-bond donors (Lipinski definition) is 2. The fourth-order valence-electron chi connectivity index (χ4n) is 4.39. The standard InChI is InChI=1S/C26H29N3O.ClH/c27-17-22-18-29(19-24(22)21-11-5-2-6-12-21)16-15-26(30)28-25-14-8-7-13-23(25)20-9-3-1-4-10-20;/h1-14,22,24H,15-19,27H2,(H,28,30);1H/t22-,24+;/m1./s1. The van der Waals surface area contributed by atoms with Crippen molar-refractivity contribution in [1.82, 2.24) is 4.90 Å². The van der Waals surface area contributed by atoms with Crippen LogP contribution in [0, 0.1) is 5.92 Å². The maximum Gasteiger partial charge on any atom is 0.225 e. The Hall–Kier alpha value is -2.66. The Kier molecular flexibility index (Phi) is 8.24. The second kappa shape index (κ2) is 11.1. The topological polar surface area (TPSA) is 58.4 Å². The molecule has 4 nitrogen and oxygen atoms in total. The predicted molar refractivity (Wildman–Crippen MR) is 131 cm³/mol. The van der Waals surface area contributed by atoms with Crippen LogP contribution < -0.4 is 11.1 Å². The van der Waals surface area contributed by atoms with E-state index in [0.29, 0.717) is 24.8 Å². The Morgan fingerprint density at radius 2 is 1.55 bits per heavy atom. The summed E-state index contributed by atoms with van der Waals surface area (Å²) in [6, 6.07) is 28.7. The number of para-hydroxylation sites is 1. The first kappa shape index (κ1) is 23.0. The second-order valence-corrected chi connectivity index (χ2v) is 7.98. The van der Waals surface area contributed by atoms with E-state index in [2.05, 4.69) is 46.6 Å². The van der Waals surface area contributed by atoms with E-state index in [9.17, 15) is 4.79 Å². The molecule has 3 aromatic rings. The Bertz CT molecular complexity index is 965. The molecule has 1 saturated heterocycles. The number of halogens is 1. The molecule has 5 heteroatoms. The number of likely N-dealkylation sites (tertiary alicyclic amines) is 1. The van der Waals surface area contributed by atoms with Gasteiger partial charge in [-0.2, -0.15) is 0 Å². The van der Waals surface area contributed by atoms with E-state index in [0.717, 1.165) is 36.4 Å². The molecule has 1 aliphatic rings. The van der Waals surface area contributed by atoms with Crippen molar-refractivity contribution < 1.29 is 4.79 Å². The number of anilines is 1. The number of nitrogens with two attached hydrogens (primary N) is 1. The largest absolute Gasteiger partial charge is 0.330 e. The van der Waals surface area contributed by atoms with Crippen molar-refractivity contribution in [3.8, 4) is 11.1 Å². The van der Waals surface area contributed by atoms with Crippen LogP contribution in [0.25, 0.3) is 11.1 Å². The van der Waals surface area contributed by atoms with Crippen LogP contribution in [0.4, 0.5) is 5.69 Å². The summed E-state index contributed by atoms with van der Waals surface area (Å²) in [6.07, 6.45) is 0.474. The molecule has 0 aliphatic carbocycles. The van der Waals surface area contributed by atoms with Crippen molar-refractivity contribution in [1.29, 1.82) is 0 Å². The molecular formula is C26H30ClN3O. The molecule has 1 amide bonds. The molecule has 0 bridgehead atoms. The molecule has 0 unspecified atom stereocenters. The summed E-state index contributed by atoms with van der Waals surface area (Å²) in [5.74, 6) is 0.929. The predicted octanol–water partition coefficient (Wildman–Crippen LogP) is 4.78. The van der Waals surface area contributed by atoms with Crippen molar-refractivity contribution in [3.63, 3.8) is 0 Å². The third kappa shape index (κ3) is 5.73. The van der Waals surface area contributed by atoms with Gasteiger partial charge in [-0.1, -0.05) is 78.9 Å². The molecule has 31 heavy (non-hydrogen) atoms. The number of nitrogens with one attached hydrogen (secondary N) is 1. The van der Waals surface area contributed by atoms with Crippen molar-refractivity contribution in [2.24, 2.45) is 11.7 Å². The molecule has 162 valence electrons. The summed E-state index contributed by atoms with van der Waals surface area (Å²) < 4.78 is 0. The lowest BCUT2D eigenvalue weighted by Gasteiger charge is -2.17. The van der Waals surface area contributed by atoms with Gasteiger partial charge < -0.3 is 16.0 Å². The molecule has 0 saturated carbocycles. The highest BCUT2D eigenvalue weighted by Crippen LogP contribution is 2.32. The summed E-state index contributed by atoms with van der Waals surface area (Å²) >= 11 is 0. The first-order valence-corrected chi connectivity index (χ1v) is 10.7. The number of rotatable bonds is 7. The molecule has 1 heterocycles. The lowest BCUT2D eigenvalue weighted by molar-refractivity contribution is -0.116. The van der Waals surface area contributed by atoms with Crippen LogP contribution in [0.2, 0.25) is 0 Å². The summed E-state index contributed by atoms with van der Waals surface area (Å²) in [5.41, 5.74) is 10.4. The third-order valence-electron chi connectivity index (χ3n) is 5.99. The van der Waals surface area contributed by atoms with Gasteiger partial charge in [-0.3, -0.25) is 4.79 Å². The minimum absolute atomic E-state index is 0. The molecule has 1 aliphatic heterocycles. The second-order valence-electron chi connectivity index (χ2n) is 7.98. The van der Waals surface area contributed by atoms with Crippen molar-refractivity contribution in [2.75, 3.05) is 31.5 Å². The highest BCUT2D eigenvalue weighted by atomic mass is 35.5. The zero-order chi connectivity index (χ0) is 20.8. The molecule has 0 aromatic heterocycles. The van der Waals surface area contributed by atoms with Crippen molar-refractivity contribution >= 4 is 24.0 Å². The van der Waals surface area contributed by atoms with E-state index in [1.165, 1.54) is 5.56 Å². The van der Waals surface area contributed by atoms with E-state index < -0.39 is 0 Å². The van der Waals surface area contributed by atoms with Crippen LogP contribution in [0.1, 0.15) is 17.9 Å². The maximum absolute atomic E-state index is 12.7. The molecule has 0 spiro atoms. The normalized spacial score (nSPS) is 18.4. The van der Waals surface area contributed by atoms with Gasteiger partial charge in [-0.05, 0) is 29.7 Å². The van der Waals surface area contributed by atoms with Gasteiger partial charge in [0.1, 0.15) is 0 Å². The van der Waals surface area contributed by atoms with Gasteiger partial charge in [0.15, 0.2) is 0 Å². The van der Waals surface area contributed by atoms with Gasteiger partial charge in [-0.25, -0.2) is 0 Å². The smallest absolute Gasteiger partial charge is 0.225 e. The lowest BCUT2D eigenvalue weighted by atomic mass is 9.89. The van der Waals surface area contributed by atoms with E-state index in [1.807, 2.05) is 48.5 Å². The summed E-state index contributed by atoms with van der Waals surface area (Å²) in [4.78, 5) is 15.1. The van der Waals surface area contributed by atoms with Gasteiger partial charge in [0.2, 0.25) is 5.91 Å². The molecule has 2 atom stereocenters. The van der Waals surface area contributed by atoms with Crippen LogP contribution in [0.5, 0.6) is 0 Å². The zero-order valence-corrected chi connectivity index (χ0v) is 18.4. The van der Waals surface area contributed by atoms with Gasteiger partial charge in [-0.15, -0.1) is 12.4 Å². The lowest BCUT2D eigenvalue weighted by Crippen LogP contribution is -2.27. The Balaban J connectivity index is 0.00000272. The van der Waals surface area contributed by atoms with Crippen LogP contribution in [-0.4, -0.2) is 37.0 Å². The van der Waals surface area contributed by atoms with E-state index in [4.69, 9.17) is 5.73 Å². The zero-order valence-electron chi connectivity index (χ0n) is 17.6. The van der Waals surface area contributed by atoms with E-state index in [1.54, 1.807) is 0 Å². The number of benzene rings is 3. The number of carbonyl (C=O) groups excluding carboxylic acids is 1. The molecule has 4 rings (SSSR count). The number of nitrogens with zero attached hydrogens (tertiary/aromatic N) is 1. The number of hydrogen-bond acceptors (Lipinski definition) is 3. The van der Waals surface area contributed by atoms with Crippen LogP contribution in [-0.2, 0) is 4.79 Å². The third-order valence-corrected chi connectivity index (χ3v) is 5.99. The van der Waals surface area contributed by atoms with Crippen molar-refractivity contribution in [3.05, 3.63) is 90.5 Å². The molecule has 3 aromatic carbocycles. The average molecular weight is 436 g/mol. The SMILES string of the molecule is Cl.NC[C@@H]1CN(CCC(=O)Nc2ccccc2-c2ccccc2)C[C@H]1c1ccccc1. The van der Waals surface area contributed by atoms with E-state index in [-0.39, 0.29) is 18.3 Å². The highest BCUT2D eigenvalue weighted by Gasteiger charge is 2.32. The first-order chi connectivity index (χ1) is 14.7. The Morgan fingerprint density at radius 1 is 0.903 bits per heavy atom. The fourth-order valence-corrected chi connectivity index (χ4v) is 4.39. The molecule has 1 fully saturated rings. The Morgan fingerprint density at radius 3 is 2.26 bits per heavy atom. The Labute approximate surface area is 190 Å². The van der Waals surface area contributed by atoms with Crippen LogP contribution in [0.3, 0.4) is 0 Å². The van der Waals surface area contributed by atoms with Crippen LogP contribution in [0.15, 0.2) is 84.9 Å². The number of carbonyl (C=O) groups is 1. The summed E-state index contributed by atoms with van der Waals surface area (Å²) in [5, 5.41) is 3.11. The van der Waals surface area contributed by atoms with Gasteiger partial charge in [0.25, 0.3) is 0 Å².